The van der Waals surface area contributed by atoms with Gasteiger partial charge in [-0.15, -0.1) is 0 Å². The predicted molar refractivity (Wildman–Crippen MR) is 97.1 cm³/mol. The van der Waals surface area contributed by atoms with Crippen molar-refractivity contribution >= 4 is 5.82 Å². The lowest BCUT2D eigenvalue weighted by Gasteiger charge is -2.22. The number of imidazole rings is 1. The van der Waals surface area contributed by atoms with Crippen molar-refractivity contribution < 1.29 is 27.9 Å². The molecule has 0 fully saturated rings. The third kappa shape index (κ3) is 4.49. The van der Waals surface area contributed by atoms with Gasteiger partial charge in [0.1, 0.15) is 24.7 Å². The number of nitrogens with zero attached hydrogens (tertiary/aromatic N) is 5. The maximum Gasteiger partial charge on any atom is 0.414 e. The number of hydrogen-bond donors (Lipinski definition) is 0. The van der Waals surface area contributed by atoms with Crippen LogP contribution in [0.4, 0.5) is 14.6 Å². The Morgan fingerprint density at radius 2 is 2.03 bits per heavy atom. The molecule has 1 aliphatic heterocycles. The Bertz CT molecular complexity index is 1030. The fourth-order valence-corrected chi connectivity index (χ4v) is 2.86. The Labute approximate surface area is 168 Å². The van der Waals surface area contributed by atoms with Crippen molar-refractivity contribution in [1.82, 2.24) is 19.7 Å². The summed E-state index contributed by atoms with van der Waals surface area (Å²) in [5, 5.41) is 19.0. The summed E-state index contributed by atoms with van der Waals surface area (Å²) in [4.78, 5) is 14.0. The normalized spacial score (nSPS) is 15.5. The van der Waals surface area contributed by atoms with E-state index >= 15 is 0 Å². The zero-order valence-electron chi connectivity index (χ0n) is 15.4. The Balaban J connectivity index is 1.33. The number of hydrogen-bond acceptors (Lipinski definition) is 8. The minimum absolute atomic E-state index is 0.0628. The van der Waals surface area contributed by atoms with Gasteiger partial charge in [0, 0.05) is 10.5 Å². The summed E-state index contributed by atoms with van der Waals surface area (Å²) in [6, 6.07) is 9.75. The predicted octanol–water partition coefficient (Wildman–Crippen LogP) is 2.83. The molecule has 0 bridgehead atoms. The molecule has 0 unspecified atom stereocenters. The smallest absolute Gasteiger partial charge is 0.414 e. The molecule has 0 saturated carbocycles. The zero-order valence-corrected chi connectivity index (χ0v) is 15.4. The van der Waals surface area contributed by atoms with E-state index in [2.05, 4.69) is 19.9 Å². The molecule has 1 atom stereocenters. The van der Waals surface area contributed by atoms with Gasteiger partial charge in [-0.1, -0.05) is 0 Å². The lowest BCUT2D eigenvalue weighted by atomic mass is 10.1. The monoisotopic (exact) mass is 419 g/mol. The highest BCUT2D eigenvalue weighted by atomic mass is 19.3. The molecule has 0 radical (unpaired) electrons. The Hall–Kier alpha value is -3.67. The zero-order chi connectivity index (χ0) is 21.1. The van der Waals surface area contributed by atoms with Crippen molar-refractivity contribution in [2.45, 2.75) is 25.9 Å². The molecule has 0 saturated heterocycles. The van der Waals surface area contributed by atoms with Crippen LogP contribution in [-0.2, 0) is 17.9 Å². The van der Waals surface area contributed by atoms with Crippen LogP contribution in [0.15, 0.2) is 42.6 Å². The number of aromatic nitrogens is 4. The number of fused-ring (bicyclic) bond motifs is 1. The molecule has 3 aromatic rings. The molecule has 0 spiro atoms. The van der Waals surface area contributed by atoms with E-state index in [0.717, 1.165) is 0 Å². The first kappa shape index (κ1) is 19.6. The molecule has 12 heteroatoms. The fourth-order valence-electron chi connectivity index (χ4n) is 2.86. The first-order valence-corrected chi connectivity index (χ1v) is 8.82. The molecule has 3 heterocycles. The van der Waals surface area contributed by atoms with Crippen molar-refractivity contribution in [2.75, 3.05) is 6.61 Å². The van der Waals surface area contributed by atoms with Crippen LogP contribution in [0.1, 0.15) is 5.69 Å². The summed E-state index contributed by atoms with van der Waals surface area (Å²) in [5.41, 5.74) is 1.85. The maximum atomic E-state index is 12.2. The second kappa shape index (κ2) is 8.37. The topological polar surface area (TPSA) is 114 Å². The number of benzene rings is 1. The average molecular weight is 419 g/mol. The molecule has 1 aromatic carbocycles. The lowest BCUT2D eigenvalue weighted by Crippen LogP contribution is -2.32. The highest BCUT2D eigenvalue weighted by Gasteiger charge is 2.28. The van der Waals surface area contributed by atoms with Gasteiger partial charge >= 0.3 is 18.4 Å². The van der Waals surface area contributed by atoms with E-state index in [0.29, 0.717) is 23.5 Å². The number of halogens is 2. The first-order valence-electron chi connectivity index (χ1n) is 8.82. The van der Waals surface area contributed by atoms with Gasteiger partial charge in [-0.25, -0.2) is 0 Å². The number of nitro groups is 1. The van der Waals surface area contributed by atoms with Gasteiger partial charge in [0.25, 0.3) is 0 Å². The number of ether oxygens (including phenoxy) is 3. The van der Waals surface area contributed by atoms with Crippen molar-refractivity contribution in [3.8, 4) is 23.0 Å². The molecule has 1 aliphatic rings. The number of rotatable bonds is 7. The van der Waals surface area contributed by atoms with Crippen LogP contribution in [0.25, 0.3) is 11.3 Å². The van der Waals surface area contributed by atoms with Gasteiger partial charge in [-0.2, -0.15) is 19.0 Å². The summed E-state index contributed by atoms with van der Waals surface area (Å²) < 4.78 is 41.4. The van der Waals surface area contributed by atoms with E-state index in [4.69, 9.17) is 9.47 Å². The molecular formula is C18H15F2N5O5. The largest absolute Gasteiger partial charge is 0.443 e. The molecule has 0 N–H and O–H groups in total. The third-order valence-corrected chi connectivity index (χ3v) is 4.27. The van der Waals surface area contributed by atoms with Gasteiger partial charge in [0.15, 0.2) is 0 Å². The molecule has 4 rings (SSSR count). The van der Waals surface area contributed by atoms with Gasteiger partial charge in [-0.05, 0) is 41.3 Å². The quantitative estimate of drug-likeness (QED) is 0.424. The molecule has 10 nitrogen and oxygen atoms in total. The van der Waals surface area contributed by atoms with Crippen molar-refractivity contribution in [3.63, 3.8) is 0 Å². The summed E-state index contributed by atoms with van der Waals surface area (Å²) in [7, 11) is 0. The van der Waals surface area contributed by atoms with Crippen molar-refractivity contribution in [3.05, 3.63) is 58.4 Å². The van der Waals surface area contributed by atoms with Crippen LogP contribution in [0.3, 0.4) is 0 Å². The van der Waals surface area contributed by atoms with E-state index in [1.165, 1.54) is 22.9 Å². The fraction of sp³-hybridized carbons (Fsp3) is 0.278. The molecular weight excluding hydrogens is 404 g/mol. The lowest BCUT2D eigenvalue weighted by molar-refractivity contribution is -0.389. The van der Waals surface area contributed by atoms with Crippen LogP contribution in [-0.4, -0.2) is 44.0 Å². The number of alkyl halides is 2. The average Bonchev–Trinajstić information content (AvgIpc) is 3.17. The van der Waals surface area contributed by atoms with E-state index in [9.17, 15) is 18.9 Å². The van der Waals surface area contributed by atoms with E-state index in [1.54, 1.807) is 24.3 Å². The summed E-state index contributed by atoms with van der Waals surface area (Å²) in [5.74, 6) is -0.214. The first-order chi connectivity index (χ1) is 14.5. The van der Waals surface area contributed by atoms with Gasteiger partial charge in [0.05, 0.1) is 24.5 Å². The van der Waals surface area contributed by atoms with Crippen molar-refractivity contribution in [2.24, 2.45) is 0 Å². The molecule has 156 valence electrons. The minimum atomic E-state index is -2.88. The van der Waals surface area contributed by atoms with Crippen LogP contribution in [0.5, 0.6) is 11.8 Å². The molecule has 2 aromatic heterocycles. The summed E-state index contributed by atoms with van der Waals surface area (Å²) in [6.45, 7) is -2.12. The highest BCUT2D eigenvalue weighted by molar-refractivity contribution is 5.59. The molecule has 0 amide bonds. The minimum Gasteiger partial charge on any atom is -0.443 e. The third-order valence-electron chi connectivity index (χ3n) is 4.27. The summed E-state index contributed by atoms with van der Waals surface area (Å²) in [6.07, 6.45) is 0.979. The van der Waals surface area contributed by atoms with E-state index in [-0.39, 0.29) is 36.9 Å². The molecule has 30 heavy (non-hydrogen) atoms. The Morgan fingerprint density at radius 1 is 1.23 bits per heavy atom. The summed E-state index contributed by atoms with van der Waals surface area (Å²) >= 11 is 0. The standard InChI is InChI=1S/C18H15F2N5O5/c19-17(20)30-13-4-1-11(2-5-13)15-6-3-12(22-23-15)9-28-14-7-24-8-16(25(26)27)21-18(24)29-10-14/h1-6,8,14,17H,7,9-10H2/t14-/m0/s1. The van der Waals surface area contributed by atoms with Gasteiger partial charge in [-0.3, -0.25) is 4.57 Å². The SMILES string of the molecule is O=[N+]([O-])c1cn2c(n1)OC[C@@H](OCc1ccc(-c3ccc(OC(F)F)cc3)nn1)C2. The second-order valence-electron chi connectivity index (χ2n) is 6.35. The maximum absolute atomic E-state index is 12.2. The van der Waals surface area contributed by atoms with Crippen LogP contribution < -0.4 is 9.47 Å². The highest BCUT2D eigenvalue weighted by Crippen LogP contribution is 2.24. The van der Waals surface area contributed by atoms with Crippen molar-refractivity contribution in [1.29, 1.82) is 0 Å². The van der Waals surface area contributed by atoms with Crippen LogP contribution >= 0.6 is 0 Å². The van der Waals surface area contributed by atoms with Crippen LogP contribution in [0.2, 0.25) is 0 Å². The van der Waals surface area contributed by atoms with E-state index in [1.807, 2.05) is 0 Å². The van der Waals surface area contributed by atoms with Gasteiger partial charge in [0.2, 0.25) is 0 Å². The van der Waals surface area contributed by atoms with E-state index < -0.39 is 11.5 Å². The van der Waals surface area contributed by atoms with Crippen LogP contribution in [0, 0.1) is 10.1 Å². The Kier molecular flexibility index (Phi) is 5.48. The second-order valence-corrected chi connectivity index (χ2v) is 6.35. The molecule has 0 aliphatic carbocycles. The van der Waals surface area contributed by atoms with Gasteiger partial charge < -0.3 is 24.3 Å². The Morgan fingerprint density at radius 3 is 2.70 bits per heavy atom.